The molecule has 7 nitrogen and oxygen atoms in total. The first kappa shape index (κ1) is 22.3. The molecule has 27 heavy (non-hydrogen) atoms. The van der Waals surface area contributed by atoms with Crippen LogP contribution >= 0.6 is 0 Å². The molecule has 0 bridgehead atoms. The molecule has 1 atom stereocenters. The van der Waals surface area contributed by atoms with E-state index in [1.807, 2.05) is 6.92 Å². The molecule has 1 aliphatic rings. The Morgan fingerprint density at radius 3 is 2.44 bits per heavy atom. The largest absolute Gasteiger partial charge is 0.303 e. The van der Waals surface area contributed by atoms with Crippen LogP contribution in [0, 0.1) is 12.8 Å². The summed E-state index contributed by atoms with van der Waals surface area (Å²) >= 11 is 0. The van der Waals surface area contributed by atoms with Gasteiger partial charge in [-0.3, -0.25) is 0 Å². The number of nitrogens with zero attached hydrogens (tertiary/aromatic N) is 2. The van der Waals surface area contributed by atoms with E-state index in [9.17, 15) is 16.8 Å². The lowest BCUT2D eigenvalue weighted by Crippen LogP contribution is -2.41. The monoisotopic (exact) mass is 417 g/mol. The SMILES string of the molecule is Cc1ccc(S(=O)(=O)NCC2CCCN(CCCS(=O)(=O)N(C)C)C2)cc1. The number of aryl methyl sites for hydroxylation is 1. The maximum absolute atomic E-state index is 12.4. The van der Waals surface area contributed by atoms with Crippen LogP contribution in [-0.2, 0) is 20.0 Å². The van der Waals surface area contributed by atoms with Gasteiger partial charge in [-0.1, -0.05) is 17.7 Å². The third-order valence-corrected chi connectivity index (χ3v) is 8.29. The molecule has 1 unspecified atom stereocenters. The molecule has 1 aromatic carbocycles. The van der Waals surface area contributed by atoms with E-state index in [0.29, 0.717) is 19.5 Å². The van der Waals surface area contributed by atoms with Gasteiger partial charge < -0.3 is 4.90 Å². The highest BCUT2D eigenvalue weighted by Crippen LogP contribution is 2.17. The Labute approximate surface area is 163 Å². The number of sulfonamides is 2. The number of piperidine rings is 1. The molecule has 0 saturated carbocycles. The standard InChI is InChI=1S/C18H31N3O4S2/c1-16-7-9-18(10-8-16)27(24,25)19-14-17-6-4-11-21(15-17)12-5-13-26(22,23)20(2)3/h7-10,17,19H,4-6,11-15H2,1-3H3. The normalized spacial score (nSPS) is 19.5. The molecule has 2 rings (SSSR count). The highest BCUT2D eigenvalue weighted by molar-refractivity contribution is 7.89. The van der Waals surface area contributed by atoms with Crippen LogP contribution in [0.2, 0.25) is 0 Å². The molecule has 1 saturated heterocycles. The van der Waals surface area contributed by atoms with Crippen molar-refractivity contribution in [2.24, 2.45) is 5.92 Å². The summed E-state index contributed by atoms with van der Waals surface area (Å²) in [6.45, 7) is 4.77. The maximum Gasteiger partial charge on any atom is 0.240 e. The molecule has 9 heteroatoms. The summed E-state index contributed by atoms with van der Waals surface area (Å²) in [4.78, 5) is 2.52. The van der Waals surface area contributed by atoms with Crippen molar-refractivity contribution in [1.29, 1.82) is 0 Å². The molecule has 0 aromatic heterocycles. The van der Waals surface area contributed by atoms with E-state index in [-0.39, 0.29) is 16.6 Å². The lowest BCUT2D eigenvalue weighted by Gasteiger charge is -2.32. The Morgan fingerprint density at radius 1 is 1.15 bits per heavy atom. The maximum atomic E-state index is 12.4. The van der Waals surface area contributed by atoms with Crippen LogP contribution in [0.15, 0.2) is 29.2 Å². The van der Waals surface area contributed by atoms with Gasteiger partial charge in [-0.15, -0.1) is 0 Å². The predicted octanol–water partition coefficient (Wildman–Crippen LogP) is 1.27. The van der Waals surface area contributed by atoms with Gasteiger partial charge in [-0.2, -0.15) is 0 Å². The molecule has 154 valence electrons. The summed E-state index contributed by atoms with van der Waals surface area (Å²) in [6, 6.07) is 6.82. The summed E-state index contributed by atoms with van der Waals surface area (Å²) in [7, 11) is -3.56. The summed E-state index contributed by atoms with van der Waals surface area (Å²) in [5, 5.41) is 0. The lowest BCUT2D eigenvalue weighted by molar-refractivity contribution is 0.176. The average molecular weight is 418 g/mol. The van der Waals surface area contributed by atoms with Crippen molar-refractivity contribution in [3.05, 3.63) is 29.8 Å². The zero-order chi connectivity index (χ0) is 20.1. The van der Waals surface area contributed by atoms with Crippen molar-refractivity contribution in [3.63, 3.8) is 0 Å². The fourth-order valence-electron chi connectivity index (χ4n) is 3.20. The predicted molar refractivity (Wildman–Crippen MR) is 108 cm³/mol. The van der Waals surface area contributed by atoms with Gasteiger partial charge in [0.05, 0.1) is 10.6 Å². The Morgan fingerprint density at radius 2 is 1.81 bits per heavy atom. The van der Waals surface area contributed by atoms with Gasteiger partial charge in [0.2, 0.25) is 20.0 Å². The van der Waals surface area contributed by atoms with Crippen LogP contribution in [0.25, 0.3) is 0 Å². The van der Waals surface area contributed by atoms with Gasteiger partial charge in [0, 0.05) is 27.2 Å². The highest BCUT2D eigenvalue weighted by atomic mass is 32.2. The first-order valence-electron chi connectivity index (χ1n) is 9.29. The van der Waals surface area contributed by atoms with E-state index in [4.69, 9.17) is 0 Å². The Kier molecular flexibility index (Phi) is 7.82. The first-order chi connectivity index (χ1) is 12.6. The second kappa shape index (κ2) is 9.47. The molecule has 0 aliphatic carbocycles. The molecule has 1 aromatic rings. The van der Waals surface area contributed by atoms with Gasteiger partial charge in [0.25, 0.3) is 0 Å². The van der Waals surface area contributed by atoms with Gasteiger partial charge in [0.1, 0.15) is 0 Å². The van der Waals surface area contributed by atoms with Crippen LogP contribution in [0.1, 0.15) is 24.8 Å². The molecule has 1 fully saturated rings. The van der Waals surface area contributed by atoms with Crippen LogP contribution < -0.4 is 4.72 Å². The molecule has 0 spiro atoms. The van der Waals surface area contributed by atoms with Crippen molar-refractivity contribution < 1.29 is 16.8 Å². The van der Waals surface area contributed by atoms with Gasteiger partial charge in [-0.25, -0.2) is 25.9 Å². The van der Waals surface area contributed by atoms with Crippen molar-refractivity contribution in [3.8, 4) is 0 Å². The smallest absolute Gasteiger partial charge is 0.240 e. The fourth-order valence-corrected chi connectivity index (χ4v) is 5.18. The second-order valence-electron chi connectivity index (χ2n) is 7.43. The first-order valence-corrected chi connectivity index (χ1v) is 12.4. The number of benzene rings is 1. The van der Waals surface area contributed by atoms with E-state index < -0.39 is 20.0 Å². The molecule has 0 amide bonds. The van der Waals surface area contributed by atoms with Crippen LogP contribution in [0.3, 0.4) is 0 Å². The topological polar surface area (TPSA) is 86.8 Å². The Hall–Kier alpha value is -1.00. The number of hydrogen-bond donors (Lipinski definition) is 1. The minimum Gasteiger partial charge on any atom is -0.303 e. The minimum atomic E-state index is -3.49. The Bertz CT molecular complexity index is 806. The van der Waals surface area contributed by atoms with Crippen LogP contribution in [-0.4, -0.2) is 72.1 Å². The van der Waals surface area contributed by atoms with E-state index >= 15 is 0 Å². The third kappa shape index (κ3) is 6.83. The lowest BCUT2D eigenvalue weighted by atomic mass is 9.98. The molecule has 1 N–H and O–H groups in total. The minimum absolute atomic E-state index is 0.140. The summed E-state index contributed by atoms with van der Waals surface area (Å²) < 4.78 is 52.5. The van der Waals surface area contributed by atoms with Crippen molar-refractivity contribution in [2.45, 2.75) is 31.1 Å². The average Bonchev–Trinajstić information content (AvgIpc) is 2.60. The fraction of sp³-hybridized carbons (Fsp3) is 0.667. The van der Waals surface area contributed by atoms with Crippen LogP contribution in [0.4, 0.5) is 0 Å². The van der Waals surface area contributed by atoms with Gasteiger partial charge in [0.15, 0.2) is 0 Å². The van der Waals surface area contributed by atoms with E-state index in [1.165, 1.54) is 4.31 Å². The zero-order valence-electron chi connectivity index (χ0n) is 16.4. The molecule has 1 heterocycles. The molecular formula is C18H31N3O4S2. The summed E-state index contributed by atoms with van der Waals surface area (Å²) in [6.07, 6.45) is 2.56. The van der Waals surface area contributed by atoms with Crippen molar-refractivity contribution in [2.75, 3.05) is 46.0 Å². The quantitative estimate of drug-likeness (QED) is 0.654. The molecule has 1 aliphatic heterocycles. The van der Waals surface area contributed by atoms with Crippen LogP contribution in [0.5, 0.6) is 0 Å². The van der Waals surface area contributed by atoms with E-state index in [2.05, 4.69) is 9.62 Å². The number of hydrogen-bond acceptors (Lipinski definition) is 5. The van der Waals surface area contributed by atoms with Crippen molar-refractivity contribution in [1.82, 2.24) is 13.9 Å². The molecule has 0 radical (unpaired) electrons. The molecular weight excluding hydrogens is 386 g/mol. The van der Waals surface area contributed by atoms with E-state index in [0.717, 1.165) is 31.5 Å². The Balaban J connectivity index is 1.81. The van der Waals surface area contributed by atoms with Gasteiger partial charge in [-0.05, 0) is 57.3 Å². The second-order valence-corrected chi connectivity index (χ2v) is 11.5. The van der Waals surface area contributed by atoms with E-state index in [1.54, 1.807) is 38.4 Å². The zero-order valence-corrected chi connectivity index (χ0v) is 18.0. The summed E-state index contributed by atoms with van der Waals surface area (Å²) in [5.41, 5.74) is 1.02. The summed E-state index contributed by atoms with van der Waals surface area (Å²) in [5.74, 6) is 0.380. The number of likely N-dealkylation sites (tertiary alicyclic amines) is 1. The third-order valence-electron chi connectivity index (χ3n) is 4.93. The van der Waals surface area contributed by atoms with Gasteiger partial charge >= 0.3 is 0 Å². The highest BCUT2D eigenvalue weighted by Gasteiger charge is 2.23. The van der Waals surface area contributed by atoms with Crippen molar-refractivity contribution >= 4 is 20.0 Å². The number of nitrogens with one attached hydrogen (secondary N) is 1. The number of rotatable bonds is 9.